The van der Waals surface area contributed by atoms with Crippen LogP contribution < -0.4 is 5.73 Å². The molecule has 4 N–H and O–H groups in total. The summed E-state index contributed by atoms with van der Waals surface area (Å²) in [7, 11) is 0. The van der Waals surface area contributed by atoms with Gasteiger partial charge in [-0.15, -0.1) is 0 Å². The summed E-state index contributed by atoms with van der Waals surface area (Å²) in [6.45, 7) is 0. The van der Waals surface area contributed by atoms with Crippen LogP contribution in [0.3, 0.4) is 0 Å². The Morgan fingerprint density at radius 2 is 2.23 bits per heavy atom. The molecule has 1 aromatic heterocycles. The molecule has 0 aliphatic rings. The highest BCUT2D eigenvalue weighted by Gasteiger charge is 2.09. The number of fused-ring (bicyclic) bond motifs is 1. The highest BCUT2D eigenvalue weighted by Crippen LogP contribution is 2.25. The minimum Gasteiger partial charge on any atom is -0.506 e. The Labute approximate surface area is 74.0 Å². The standard InChI is InChI=1S/C9H8N2O2/c10-9(13)6-4-11-8-5(6)2-1-3-7(8)12/h1-4,11-12H,(H2,10,13). The lowest BCUT2D eigenvalue weighted by molar-refractivity contribution is 0.100. The summed E-state index contributed by atoms with van der Waals surface area (Å²) in [6, 6.07) is 4.94. The molecule has 0 bridgehead atoms. The number of nitrogens with one attached hydrogen (secondary N) is 1. The molecule has 0 aliphatic heterocycles. The second-order valence-electron chi connectivity index (χ2n) is 2.77. The number of para-hydroxylation sites is 1. The summed E-state index contributed by atoms with van der Waals surface area (Å²) in [4.78, 5) is 13.7. The van der Waals surface area contributed by atoms with Gasteiger partial charge in [-0.25, -0.2) is 0 Å². The van der Waals surface area contributed by atoms with Gasteiger partial charge in [-0.2, -0.15) is 0 Å². The molecule has 1 aromatic carbocycles. The smallest absolute Gasteiger partial charge is 0.250 e. The van der Waals surface area contributed by atoms with Crippen LogP contribution in [-0.2, 0) is 0 Å². The SMILES string of the molecule is NC(=O)c1c[nH]c2c(O)cccc12. The van der Waals surface area contributed by atoms with Crippen molar-refractivity contribution in [2.24, 2.45) is 5.73 Å². The zero-order valence-electron chi connectivity index (χ0n) is 6.74. The molecule has 0 radical (unpaired) electrons. The number of phenolic OH excluding ortho intramolecular Hbond substituents is 1. The lowest BCUT2D eigenvalue weighted by Gasteiger charge is -1.94. The minimum absolute atomic E-state index is 0.116. The van der Waals surface area contributed by atoms with Gasteiger partial charge in [-0.3, -0.25) is 4.79 Å². The molecule has 13 heavy (non-hydrogen) atoms. The Hall–Kier alpha value is -1.97. The maximum absolute atomic E-state index is 10.9. The first-order chi connectivity index (χ1) is 6.20. The van der Waals surface area contributed by atoms with Crippen LogP contribution >= 0.6 is 0 Å². The number of carbonyl (C=O) groups excluding carboxylic acids is 1. The minimum atomic E-state index is -0.503. The van der Waals surface area contributed by atoms with Gasteiger partial charge in [-0.05, 0) is 6.07 Å². The molecule has 0 unspecified atom stereocenters. The van der Waals surface area contributed by atoms with Crippen molar-refractivity contribution in [3.05, 3.63) is 30.0 Å². The molecular formula is C9H8N2O2. The molecule has 0 atom stereocenters. The van der Waals surface area contributed by atoms with E-state index < -0.39 is 5.91 Å². The second kappa shape index (κ2) is 2.52. The number of hydrogen-bond acceptors (Lipinski definition) is 2. The summed E-state index contributed by atoms with van der Waals surface area (Å²) < 4.78 is 0. The third-order valence-corrected chi connectivity index (χ3v) is 1.96. The highest BCUT2D eigenvalue weighted by atomic mass is 16.3. The van der Waals surface area contributed by atoms with Crippen molar-refractivity contribution in [3.8, 4) is 5.75 Å². The van der Waals surface area contributed by atoms with Crippen LogP contribution in [0, 0.1) is 0 Å². The number of rotatable bonds is 1. The molecule has 0 spiro atoms. The van der Waals surface area contributed by atoms with E-state index in [2.05, 4.69) is 4.98 Å². The van der Waals surface area contributed by atoms with Crippen molar-refractivity contribution in [2.75, 3.05) is 0 Å². The van der Waals surface area contributed by atoms with E-state index in [1.54, 1.807) is 18.2 Å². The summed E-state index contributed by atoms with van der Waals surface area (Å²) in [5.74, 6) is -0.387. The van der Waals surface area contributed by atoms with Crippen LogP contribution in [0.2, 0.25) is 0 Å². The Balaban J connectivity index is 2.83. The van der Waals surface area contributed by atoms with Gasteiger partial charge in [0.1, 0.15) is 5.75 Å². The number of primary amides is 1. The topological polar surface area (TPSA) is 79.1 Å². The Morgan fingerprint density at radius 3 is 2.92 bits per heavy atom. The van der Waals surface area contributed by atoms with Crippen LogP contribution in [0.1, 0.15) is 10.4 Å². The van der Waals surface area contributed by atoms with Gasteiger partial charge < -0.3 is 15.8 Å². The first-order valence-corrected chi connectivity index (χ1v) is 3.79. The van der Waals surface area contributed by atoms with Crippen LogP contribution in [0.5, 0.6) is 5.75 Å². The van der Waals surface area contributed by atoms with Crippen molar-refractivity contribution < 1.29 is 9.90 Å². The molecule has 0 fully saturated rings. The average molecular weight is 176 g/mol. The molecule has 4 nitrogen and oxygen atoms in total. The molecule has 0 aliphatic carbocycles. The molecule has 1 heterocycles. The van der Waals surface area contributed by atoms with E-state index in [0.29, 0.717) is 16.5 Å². The van der Waals surface area contributed by atoms with Gasteiger partial charge in [0.25, 0.3) is 5.91 Å². The Kier molecular flexibility index (Phi) is 1.48. The van der Waals surface area contributed by atoms with E-state index in [1.165, 1.54) is 6.20 Å². The fraction of sp³-hybridized carbons (Fsp3) is 0. The molecule has 0 saturated carbocycles. The molecule has 66 valence electrons. The van der Waals surface area contributed by atoms with Crippen molar-refractivity contribution in [1.82, 2.24) is 4.98 Å². The van der Waals surface area contributed by atoms with E-state index in [4.69, 9.17) is 5.73 Å². The first-order valence-electron chi connectivity index (χ1n) is 3.79. The third kappa shape index (κ3) is 1.03. The van der Waals surface area contributed by atoms with Gasteiger partial charge in [0.2, 0.25) is 0 Å². The predicted octanol–water partition coefficient (Wildman–Crippen LogP) is 0.972. The molecule has 4 heteroatoms. The molecule has 0 saturated heterocycles. The number of carbonyl (C=O) groups is 1. The van der Waals surface area contributed by atoms with Gasteiger partial charge in [-0.1, -0.05) is 12.1 Å². The van der Waals surface area contributed by atoms with Crippen molar-refractivity contribution in [2.45, 2.75) is 0 Å². The second-order valence-corrected chi connectivity index (χ2v) is 2.77. The maximum atomic E-state index is 10.9. The van der Waals surface area contributed by atoms with Crippen molar-refractivity contribution in [1.29, 1.82) is 0 Å². The van der Waals surface area contributed by atoms with Crippen LogP contribution in [0.4, 0.5) is 0 Å². The summed E-state index contributed by atoms with van der Waals surface area (Å²) in [5.41, 5.74) is 6.07. The fourth-order valence-electron chi connectivity index (χ4n) is 1.34. The summed E-state index contributed by atoms with van der Waals surface area (Å²) >= 11 is 0. The van der Waals surface area contributed by atoms with Crippen molar-refractivity contribution in [3.63, 3.8) is 0 Å². The van der Waals surface area contributed by atoms with Gasteiger partial charge >= 0.3 is 0 Å². The monoisotopic (exact) mass is 176 g/mol. The number of aromatic nitrogens is 1. The third-order valence-electron chi connectivity index (χ3n) is 1.96. The van der Waals surface area contributed by atoms with Gasteiger partial charge in [0, 0.05) is 11.6 Å². The zero-order valence-corrected chi connectivity index (χ0v) is 6.74. The normalized spacial score (nSPS) is 10.5. The number of hydrogen-bond donors (Lipinski definition) is 3. The van der Waals surface area contributed by atoms with Crippen LogP contribution in [-0.4, -0.2) is 16.0 Å². The summed E-state index contributed by atoms with van der Waals surface area (Å²) in [5, 5.41) is 10.0. The molecular weight excluding hydrogens is 168 g/mol. The number of aromatic hydroxyl groups is 1. The van der Waals surface area contributed by atoms with E-state index in [1.807, 2.05) is 0 Å². The van der Waals surface area contributed by atoms with E-state index in [9.17, 15) is 9.90 Å². The number of benzene rings is 1. The van der Waals surface area contributed by atoms with Gasteiger partial charge in [0.05, 0.1) is 11.1 Å². The van der Waals surface area contributed by atoms with Crippen LogP contribution in [0.15, 0.2) is 24.4 Å². The van der Waals surface area contributed by atoms with Crippen LogP contribution in [0.25, 0.3) is 10.9 Å². The lowest BCUT2D eigenvalue weighted by Crippen LogP contribution is -2.09. The maximum Gasteiger partial charge on any atom is 0.250 e. The largest absolute Gasteiger partial charge is 0.506 e. The van der Waals surface area contributed by atoms with E-state index >= 15 is 0 Å². The van der Waals surface area contributed by atoms with E-state index in [-0.39, 0.29) is 5.75 Å². The van der Waals surface area contributed by atoms with E-state index in [0.717, 1.165) is 0 Å². The van der Waals surface area contributed by atoms with Gasteiger partial charge in [0.15, 0.2) is 0 Å². The number of amides is 1. The zero-order chi connectivity index (χ0) is 9.42. The number of phenols is 1. The lowest BCUT2D eigenvalue weighted by atomic mass is 10.1. The molecule has 2 aromatic rings. The Bertz CT molecular complexity index is 473. The van der Waals surface area contributed by atoms with Crippen molar-refractivity contribution >= 4 is 16.8 Å². The quantitative estimate of drug-likeness (QED) is 0.605. The number of nitrogens with two attached hydrogens (primary N) is 1. The number of aromatic amines is 1. The molecule has 1 amide bonds. The first kappa shape index (κ1) is 7.67. The highest BCUT2D eigenvalue weighted by molar-refractivity contribution is 6.07. The molecule has 2 rings (SSSR count). The Morgan fingerprint density at radius 1 is 1.46 bits per heavy atom. The predicted molar refractivity (Wildman–Crippen MR) is 48.5 cm³/mol. The number of H-pyrrole nitrogens is 1. The summed E-state index contributed by atoms with van der Waals surface area (Å²) in [6.07, 6.45) is 1.49. The average Bonchev–Trinajstić information content (AvgIpc) is 2.48. The fourth-order valence-corrected chi connectivity index (χ4v) is 1.34.